The van der Waals surface area contributed by atoms with Gasteiger partial charge in [0.15, 0.2) is 0 Å². The summed E-state index contributed by atoms with van der Waals surface area (Å²) in [4.78, 5) is 25.6. The van der Waals surface area contributed by atoms with Crippen molar-refractivity contribution in [1.29, 1.82) is 0 Å². The maximum atomic E-state index is 12.4. The lowest BCUT2D eigenvalue weighted by Gasteiger charge is -2.22. The Bertz CT molecular complexity index is 851. The molecule has 2 aromatic rings. The number of rotatable bonds is 6. The number of hydrogen-bond acceptors (Lipinski definition) is 6. The van der Waals surface area contributed by atoms with Crippen molar-refractivity contribution in [3.05, 3.63) is 29.7 Å². The highest BCUT2D eigenvalue weighted by Gasteiger charge is 2.23. The molecule has 2 fully saturated rings. The third-order valence-electron chi connectivity index (χ3n) is 5.66. The first kappa shape index (κ1) is 20.0. The highest BCUT2D eigenvalue weighted by Crippen LogP contribution is 2.30. The lowest BCUT2D eigenvalue weighted by Crippen LogP contribution is -2.23. The van der Waals surface area contributed by atoms with E-state index in [1.54, 1.807) is 24.7 Å². The Morgan fingerprint density at radius 1 is 1.10 bits per heavy atom. The zero-order valence-corrected chi connectivity index (χ0v) is 17.1. The summed E-state index contributed by atoms with van der Waals surface area (Å²) in [5.74, 6) is 1.88. The first-order valence-electron chi connectivity index (χ1n) is 10.3. The molecule has 3 heterocycles. The van der Waals surface area contributed by atoms with E-state index >= 15 is 0 Å². The van der Waals surface area contributed by atoms with Crippen LogP contribution in [0.3, 0.4) is 0 Å². The number of amides is 1. The van der Waals surface area contributed by atoms with E-state index in [0.29, 0.717) is 33.8 Å². The van der Waals surface area contributed by atoms with Crippen LogP contribution in [0.1, 0.15) is 38.5 Å². The zero-order chi connectivity index (χ0) is 20.1. The molecule has 1 aliphatic heterocycles. The van der Waals surface area contributed by atoms with Crippen molar-refractivity contribution < 1.29 is 9.53 Å². The molecular weight excluding hydrogens is 390 g/mol. The van der Waals surface area contributed by atoms with E-state index < -0.39 is 0 Å². The van der Waals surface area contributed by atoms with Gasteiger partial charge in [0.1, 0.15) is 11.6 Å². The van der Waals surface area contributed by atoms with Crippen molar-refractivity contribution >= 4 is 29.1 Å². The van der Waals surface area contributed by atoms with Crippen molar-refractivity contribution in [2.45, 2.75) is 38.5 Å². The highest BCUT2D eigenvalue weighted by atomic mass is 35.5. The van der Waals surface area contributed by atoms with Gasteiger partial charge < -0.3 is 15.4 Å². The van der Waals surface area contributed by atoms with Crippen LogP contribution in [0.4, 0.5) is 11.6 Å². The lowest BCUT2D eigenvalue weighted by atomic mass is 10.0. The number of nitrogens with zero attached hydrogens (tertiary/aromatic N) is 3. The van der Waals surface area contributed by atoms with Gasteiger partial charge in [0.2, 0.25) is 5.91 Å². The second kappa shape index (κ2) is 9.50. The average Bonchev–Trinajstić information content (AvgIpc) is 3.30. The topological polar surface area (TPSA) is 89.0 Å². The average molecular weight is 416 g/mol. The van der Waals surface area contributed by atoms with Crippen molar-refractivity contribution in [3.8, 4) is 11.3 Å². The third-order valence-corrected chi connectivity index (χ3v) is 5.96. The van der Waals surface area contributed by atoms with Gasteiger partial charge >= 0.3 is 0 Å². The van der Waals surface area contributed by atoms with Gasteiger partial charge in [-0.15, -0.1) is 0 Å². The Kier molecular flexibility index (Phi) is 6.56. The second-order valence-corrected chi connectivity index (χ2v) is 8.15. The third kappa shape index (κ3) is 5.22. The predicted octanol–water partition coefficient (Wildman–Crippen LogP) is 4.16. The summed E-state index contributed by atoms with van der Waals surface area (Å²) >= 11 is 6.37. The van der Waals surface area contributed by atoms with Gasteiger partial charge in [-0.25, -0.2) is 9.97 Å². The minimum atomic E-state index is 0.0289. The molecule has 1 amide bonds. The predicted molar refractivity (Wildman–Crippen MR) is 113 cm³/mol. The quantitative estimate of drug-likeness (QED) is 0.736. The van der Waals surface area contributed by atoms with Gasteiger partial charge in [-0.3, -0.25) is 9.78 Å². The van der Waals surface area contributed by atoms with Crippen LogP contribution >= 0.6 is 11.6 Å². The monoisotopic (exact) mass is 415 g/mol. The van der Waals surface area contributed by atoms with Gasteiger partial charge in [0.25, 0.3) is 0 Å². The second-order valence-electron chi connectivity index (χ2n) is 7.75. The number of pyridine rings is 1. The van der Waals surface area contributed by atoms with E-state index in [0.717, 1.165) is 58.3 Å². The Labute approximate surface area is 175 Å². The van der Waals surface area contributed by atoms with Gasteiger partial charge in [-0.1, -0.05) is 24.4 Å². The number of carbonyl (C=O) groups is 1. The first-order valence-corrected chi connectivity index (χ1v) is 10.7. The minimum Gasteiger partial charge on any atom is -0.381 e. The Morgan fingerprint density at radius 2 is 1.90 bits per heavy atom. The number of anilines is 2. The van der Waals surface area contributed by atoms with Crippen LogP contribution in [0.5, 0.6) is 0 Å². The van der Waals surface area contributed by atoms with Crippen LogP contribution in [0.2, 0.25) is 5.02 Å². The number of carbonyl (C=O) groups excluding carboxylic acids is 1. The van der Waals surface area contributed by atoms with Gasteiger partial charge in [0.05, 0.1) is 23.1 Å². The van der Waals surface area contributed by atoms with Crippen LogP contribution in [0, 0.1) is 11.8 Å². The molecule has 0 unspecified atom stereocenters. The summed E-state index contributed by atoms with van der Waals surface area (Å²) in [6, 6.07) is 1.77. The summed E-state index contributed by atoms with van der Waals surface area (Å²) in [7, 11) is 0. The molecule has 1 aliphatic carbocycles. The molecule has 0 bridgehead atoms. The van der Waals surface area contributed by atoms with Crippen LogP contribution in [0.15, 0.2) is 24.7 Å². The van der Waals surface area contributed by atoms with Gasteiger partial charge in [-0.05, 0) is 37.7 Å². The van der Waals surface area contributed by atoms with E-state index in [2.05, 4.69) is 25.6 Å². The molecule has 2 aromatic heterocycles. The van der Waals surface area contributed by atoms with Crippen LogP contribution in [-0.4, -0.2) is 40.6 Å². The first-order chi connectivity index (χ1) is 14.2. The fourth-order valence-corrected chi connectivity index (χ4v) is 4.10. The van der Waals surface area contributed by atoms with Gasteiger partial charge in [0, 0.05) is 37.4 Å². The van der Waals surface area contributed by atoms with Crippen molar-refractivity contribution in [2.75, 3.05) is 30.4 Å². The molecular formula is C21H26ClN5O2. The van der Waals surface area contributed by atoms with Crippen LogP contribution < -0.4 is 10.6 Å². The molecule has 2 N–H and O–H groups in total. The van der Waals surface area contributed by atoms with E-state index in [9.17, 15) is 4.79 Å². The number of nitrogens with one attached hydrogen (secondary N) is 2. The zero-order valence-electron chi connectivity index (χ0n) is 16.4. The lowest BCUT2D eigenvalue weighted by molar-refractivity contribution is -0.119. The van der Waals surface area contributed by atoms with Crippen molar-refractivity contribution in [3.63, 3.8) is 0 Å². The maximum Gasteiger partial charge on any atom is 0.228 e. The largest absolute Gasteiger partial charge is 0.381 e. The SMILES string of the molecule is O=C(Nc1cc(-c2cncc(NCC3CCOCC3)n2)c(Cl)cn1)C1CCCC1. The minimum absolute atomic E-state index is 0.0289. The molecule has 154 valence electrons. The fourth-order valence-electron chi connectivity index (χ4n) is 3.90. The molecule has 29 heavy (non-hydrogen) atoms. The van der Waals surface area contributed by atoms with Crippen LogP contribution in [0.25, 0.3) is 11.3 Å². The molecule has 1 saturated heterocycles. The normalized spacial score (nSPS) is 18.0. The Morgan fingerprint density at radius 3 is 2.69 bits per heavy atom. The molecule has 4 rings (SSSR count). The highest BCUT2D eigenvalue weighted by molar-refractivity contribution is 6.33. The Balaban J connectivity index is 1.46. The van der Waals surface area contributed by atoms with E-state index in [1.807, 2.05) is 0 Å². The fraction of sp³-hybridized carbons (Fsp3) is 0.524. The number of halogens is 1. The van der Waals surface area contributed by atoms with Crippen molar-refractivity contribution in [1.82, 2.24) is 15.0 Å². The number of aromatic nitrogens is 3. The summed E-state index contributed by atoms with van der Waals surface area (Å²) in [6.07, 6.45) is 11.1. The maximum absolute atomic E-state index is 12.4. The standard InChI is InChI=1S/C21H26ClN5O2/c22-17-11-25-19(27-21(28)15-3-1-2-4-15)9-16(17)18-12-23-13-20(26-18)24-10-14-5-7-29-8-6-14/h9,11-15H,1-8,10H2,(H,24,26)(H,25,27,28). The van der Waals surface area contributed by atoms with Crippen molar-refractivity contribution in [2.24, 2.45) is 11.8 Å². The molecule has 0 atom stereocenters. The molecule has 0 radical (unpaired) electrons. The van der Waals surface area contributed by atoms with Gasteiger partial charge in [-0.2, -0.15) is 0 Å². The summed E-state index contributed by atoms with van der Waals surface area (Å²) in [5.41, 5.74) is 1.34. The summed E-state index contributed by atoms with van der Waals surface area (Å²) in [5, 5.41) is 6.76. The molecule has 0 spiro atoms. The Hall–Kier alpha value is -2.25. The number of ether oxygens (including phenoxy) is 1. The molecule has 7 nitrogen and oxygen atoms in total. The van der Waals surface area contributed by atoms with Crippen LogP contribution in [-0.2, 0) is 9.53 Å². The van der Waals surface area contributed by atoms with E-state index in [4.69, 9.17) is 16.3 Å². The smallest absolute Gasteiger partial charge is 0.228 e. The molecule has 8 heteroatoms. The van der Waals surface area contributed by atoms with E-state index in [-0.39, 0.29) is 11.8 Å². The molecule has 1 saturated carbocycles. The summed E-state index contributed by atoms with van der Waals surface area (Å²) < 4.78 is 5.41. The summed E-state index contributed by atoms with van der Waals surface area (Å²) in [6.45, 7) is 2.48. The molecule has 2 aliphatic rings. The number of hydrogen-bond donors (Lipinski definition) is 2. The van der Waals surface area contributed by atoms with E-state index in [1.165, 1.54) is 0 Å². The molecule has 0 aromatic carbocycles.